The SMILES string of the molecule is CC1CCC(Nc2cccc(CN3CCCC3)c2)CC1C. The van der Waals surface area contributed by atoms with Crippen molar-refractivity contribution in [3.63, 3.8) is 0 Å². The topological polar surface area (TPSA) is 15.3 Å². The average Bonchev–Trinajstić information content (AvgIpc) is 2.96. The number of benzene rings is 1. The molecule has 1 aromatic rings. The van der Waals surface area contributed by atoms with Crippen LogP contribution in [0.2, 0.25) is 0 Å². The molecule has 2 fully saturated rings. The number of anilines is 1. The van der Waals surface area contributed by atoms with Gasteiger partial charge in [-0.15, -0.1) is 0 Å². The first-order valence-electron chi connectivity index (χ1n) is 8.78. The zero-order valence-electron chi connectivity index (χ0n) is 13.6. The predicted molar refractivity (Wildman–Crippen MR) is 90.5 cm³/mol. The number of likely N-dealkylation sites (tertiary alicyclic amines) is 1. The highest BCUT2D eigenvalue weighted by molar-refractivity contribution is 5.46. The van der Waals surface area contributed by atoms with E-state index in [-0.39, 0.29) is 0 Å². The molecular formula is C19H30N2. The molecule has 1 heterocycles. The normalized spacial score (nSPS) is 30.5. The summed E-state index contributed by atoms with van der Waals surface area (Å²) in [5.74, 6) is 1.74. The Kier molecular flexibility index (Phi) is 4.84. The Morgan fingerprint density at radius 3 is 2.67 bits per heavy atom. The van der Waals surface area contributed by atoms with Crippen LogP contribution in [0.5, 0.6) is 0 Å². The number of nitrogens with zero attached hydrogens (tertiary/aromatic N) is 1. The quantitative estimate of drug-likeness (QED) is 0.875. The summed E-state index contributed by atoms with van der Waals surface area (Å²) in [6.07, 6.45) is 6.75. The first-order chi connectivity index (χ1) is 10.2. The molecule has 0 spiro atoms. The Labute approximate surface area is 129 Å². The fourth-order valence-corrected chi connectivity index (χ4v) is 3.87. The fourth-order valence-electron chi connectivity index (χ4n) is 3.87. The lowest BCUT2D eigenvalue weighted by Gasteiger charge is -2.33. The number of hydrogen-bond donors (Lipinski definition) is 1. The molecule has 21 heavy (non-hydrogen) atoms. The van der Waals surface area contributed by atoms with E-state index in [4.69, 9.17) is 0 Å². The van der Waals surface area contributed by atoms with Gasteiger partial charge in [-0.05, 0) is 74.7 Å². The Bertz CT molecular complexity index is 451. The first kappa shape index (κ1) is 14.9. The lowest BCUT2D eigenvalue weighted by atomic mass is 9.79. The van der Waals surface area contributed by atoms with Crippen LogP contribution < -0.4 is 5.32 Å². The van der Waals surface area contributed by atoms with Gasteiger partial charge in [0.1, 0.15) is 0 Å². The highest BCUT2D eigenvalue weighted by atomic mass is 15.1. The van der Waals surface area contributed by atoms with Crippen molar-refractivity contribution in [2.45, 2.75) is 58.5 Å². The van der Waals surface area contributed by atoms with Crippen LogP contribution in [0.15, 0.2) is 24.3 Å². The zero-order chi connectivity index (χ0) is 14.7. The number of hydrogen-bond acceptors (Lipinski definition) is 2. The van der Waals surface area contributed by atoms with Crippen molar-refractivity contribution in [1.82, 2.24) is 4.90 Å². The molecule has 2 nitrogen and oxygen atoms in total. The van der Waals surface area contributed by atoms with Gasteiger partial charge in [-0.2, -0.15) is 0 Å². The van der Waals surface area contributed by atoms with E-state index in [1.165, 1.54) is 56.4 Å². The van der Waals surface area contributed by atoms with Gasteiger partial charge in [0.15, 0.2) is 0 Å². The lowest BCUT2D eigenvalue weighted by molar-refractivity contribution is 0.261. The second-order valence-corrected chi connectivity index (χ2v) is 7.29. The van der Waals surface area contributed by atoms with Crippen molar-refractivity contribution in [3.8, 4) is 0 Å². The van der Waals surface area contributed by atoms with Gasteiger partial charge in [0, 0.05) is 18.3 Å². The smallest absolute Gasteiger partial charge is 0.0345 e. The van der Waals surface area contributed by atoms with E-state index in [0.717, 1.165) is 18.4 Å². The predicted octanol–water partition coefficient (Wildman–Crippen LogP) is 4.52. The maximum atomic E-state index is 3.78. The van der Waals surface area contributed by atoms with Gasteiger partial charge in [-0.1, -0.05) is 26.0 Å². The van der Waals surface area contributed by atoms with Gasteiger partial charge in [0.25, 0.3) is 0 Å². The molecule has 3 unspecified atom stereocenters. The summed E-state index contributed by atoms with van der Waals surface area (Å²) >= 11 is 0. The van der Waals surface area contributed by atoms with Gasteiger partial charge in [-0.25, -0.2) is 0 Å². The van der Waals surface area contributed by atoms with Crippen LogP contribution >= 0.6 is 0 Å². The third-order valence-corrected chi connectivity index (χ3v) is 5.50. The minimum Gasteiger partial charge on any atom is -0.382 e. The molecule has 0 amide bonds. The second-order valence-electron chi connectivity index (χ2n) is 7.29. The molecular weight excluding hydrogens is 256 g/mol. The van der Waals surface area contributed by atoms with Gasteiger partial charge >= 0.3 is 0 Å². The molecule has 116 valence electrons. The molecule has 1 aliphatic heterocycles. The average molecular weight is 286 g/mol. The second kappa shape index (κ2) is 6.83. The van der Waals surface area contributed by atoms with Gasteiger partial charge in [-0.3, -0.25) is 4.90 Å². The maximum absolute atomic E-state index is 3.78. The van der Waals surface area contributed by atoms with Crippen LogP contribution in [-0.2, 0) is 6.54 Å². The third kappa shape index (κ3) is 4.00. The van der Waals surface area contributed by atoms with Crippen LogP contribution in [0.4, 0.5) is 5.69 Å². The summed E-state index contributed by atoms with van der Waals surface area (Å²) in [6, 6.07) is 9.74. The van der Waals surface area contributed by atoms with Gasteiger partial charge < -0.3 is 5.32 Å². The molecule has 1 aromatic carbocycles. The molecule has 0 aromatic heterocycles. The van der Waals surface area contributed by atoms with Gasteiger partial charge in [0.05, 0.1) is 0 Å². The van der Waals surface area contributed by atoms with Crippen LogP contribution in [0.1, 0.15) is 51.5 Å². The Balaban J connectivity index is 1.58. The summed E-state index contributed by atoms with van der Waals surface area (Å²) in [4.78, 5) is 2.57. The number of nitrogens with one attached hydrogen (secondary N) is 1. The molecule has 2 heteroatoms. The first-order valence-corrected chi connectivity index (χ1v) is 8.78. The van der Waals surface area contributed by atoms with E-state index in [0.29, 0.717) is 6.04 Å². The van der Waals surface area contributed by atoms with Crippen LogP contribution in [0, 0.1) is 11.8 Å². The van der Waals surface area contributed by atoms with Crippen molar-refractivity contribution in [2.75, 3.05) is 18.4 Å². The van der Waals surface area contributed by atoms with Crippen molar-refractivity contribution >= 4 is 5.69 Å². The highest BCUT2D eigenvalue weighted by Gasteiger charge is 2.24. The van der Waals surface area contributed by atoms with Crippen LogP contribution in [0.25, 0.3) is 0 Å². The Morgan fingerprint density at radius 1 is 1.10 bits per heavy atom. The summed E-state index contributed by atoms with van der Waals surface area (Å²) < 4.78 is 0. The molecule has 2 aliphatic rings. The fraction of sp³-hybridized carbons (Fsp3) is 0.684. The summed E-state index contributed by atoms with van der Waals surface area (Å²) in [5.41, 5.74) is 2.78. The molecule has 1 saturated heterocycles. The highest BCUT2D eigenvalue weighted by Crippen LogP contribution is 2.31. The van der Waals surface area contributed by atoms with E-state index in [9.17, 15) is 0 Å². The minimum atomic E-state index is 0.665. The minimum absolute atomic E-state index is 0.665. The van der Waals surface area contributed by atoms with E-state index >= 15 is 0 Å². The number of rotatable bonds is 4. The third-order valence-electron chi connectivity index (χ3n) is 5.50. The standard InChI is InChI=1S/C19H30N2/c1-15-8-9-19(12-16(15)2)20-18-7-5-6-17(13-18)14-21-10-3-4-11-21/h5-7,13,15-16,19-20H,3-4,8-12,14H2,1-2H3. The molecule has 3 rings (SSSR count). The summed E-state index contributed by atoms with van der Waals surface area (Å²) in [5, 5.41) is 3.78. The monoisotopic (exact) mass is 286 g/mol. The molecule has 1 N–H and O–H groups in total. The van der Waals surface area contributed by atoms with E-state index < -0.39 is 0 Å². The summed E-state index contributed by atoms with van der Waals surface area (Å²) in [7, 11) is 0. The molecule has 1 saturated carbocycles. The van der Waals surface area contributed by atoms with Crippen molar-refractivity contribution in [3.05, 3.63) is 29.8 Å². The van der Waals surface area contributed by atoms with Crippen molar-refractivity contribution in [1.29, 1.82) is 0 Å². The zero-order valence-corrected chi connectivity index (χ0v) is 13.6. The lowest BCUT2D eigenvalue weighted by Crippen LogP contribution is -2.30. The van der Waals surface area contributed by atoms with Crippen molar-refractivity contribution < 1.29 is 0 Å². The van der Waals surface area contributed by atoms with Gasteiger partial charge in [0.2, 0.25) is 0 Å². The van der Waals surface area contributed by atoms with Crippen LogP contribution in [0.3, 0.4) is 0 Å². The molecule has 0 bridgehead atoms. The Morgan fingerprint density at radius 2 is 1.90 bits per heavy atom. The van der Waals surface area contributed by atoms with Crippen LogP contribution in [-0.4, -0.2) is 24.0 Å². The van der Waals surface area contributed by atoms with Crippen molar-refractivity contribution in [2.24, 2.45) is 11.8 Å². The summed E-state index contributed by atoms with van der Waals surface area (Å²) in [6.45, 7) is 8.47. The van der Waals surface area contributed by atoms with E-state index in [2.05, 4.69) is 48.3 Å². The largest absolute Gasteiger partial charge is 0.382 e. The molecule has 3 atom stereocenters. The van der Waals surface area contributed by atoms with E-state index in [1.807, 2.05) is 0 Å². The van der Waals surface area contributed by atoms with E-state index in [1.54, 1.807) is 0 Å². The maximum Gasteiger partial charge on any atom is 0.0345 e. The molecule has 1 aliphatic carbocycles. The molecule has 0 radical (unpaired) electrons. The Hall–Kier alpha value is -1.02.